The van der Waals surface area contributed by atoms with Gasteiger partial charge in [-0.05, 0) is 31.0 Å². The molecule has 2 aromatic heterocycles. The molecular weight excluding hydrogens is 328 g/mol. The number of hydrogen-bond donors (Lipinski definition) is 1. The van der Waals surface area contributed by atoms with Crippen molar-refractivity contribution in [2.45, 2.75) is 39.7 Å². The molecular formula is C20H22N4O2. The number of hydrogen-bond acceptors (Lipinski definition) is 4. The average molecular weight is 350 g/mol. The zero-order valence-electron chi connectivity index (χ0n) is 15.0. The summed E-state index contributed by atoms with van der Waals surface area (Å²) in [4.78, 5) is 20.1. The van der Waals surface area contributed by atoms with E-state index in [4.69, 9.17) is 0 Å². The summed E-state index contributed by atoms with van der Waals surface area (Å²) in [5.41, 5.74) is 2.57. The lowest BCUT2D eigenvalue weighted by molar-refractivity contribution is 0.0697. The smallest absolute Gasteiger partial charge is 0.337 e. The van der Waals surface area contributed by atoms with Gasteiger partial charge < -0.3 is 5.11 Å². The fraction of sp³-hybridized carbons (Fsp3) is 0.300. The lowest BCUT2D eigenvalue weighted by Crippen LogP contribution is -2.06. The van der Waals surface area contributed by atoms with Crippen LogP contribution in [0, 0.1) is 6.92 Å². The number of aryl methyl sites for hydroxylation is 2. The van der Waals surface area contributed by atoms with Crippen LogP contribution in [0.2, 0.25) is 0 Å². The zero-order valence-corrected chi connectivity index (χ0v) is 15.0. The van der Waals surface area contributed by atoms with Crippen molar-refractivity contribution in [2.75, 3.05) is 0 Å². The van der Waals surface area contributed by atoms with Crippen molar-refractivity contribution in [3.63, 3.8) is 0 Å². The zero-order chi connectivity index (χ0) is 18.5. The number of nitrogens with zero attached hydrogens (tertiary/aromatic N) is 4. The molecule has 1 N–H and O–H groups in total. The SMILES string of the molecule is CCCCn1nc(C)nc1Cc1ccc(-c2ncccc2C(=O)O)cc1. The molecule has 0 aliphatic carbocycles. The van der Waals surface area contributed by atoms with Crippen molar-refractivity contribution in [2.24, 2.45) is 0 Å². The second kappa shape index (κ2) is 7.91. The number of rotatable bonds is 7. The minimum absolute atomic E-state index is 0.204. The molecule has 3 aromatic rings. The molecule has 134 valence electrons. The van der Waals surface area contributed by atoms with Crippen molar-refractivity contribution < 1.29 is 9.90 Å². The van der Waals surface area contributed by atoms with E-state index in [1.165, 1.54) is 0 Å². The third-order valence-corrected chi connectivity index (χ3v) is 4.21. The van der Waals surface area contributed by atoms with Gasteiger partial charge in [0, 0.05) is 24.7 Å². The minimum atomic E-state index is -0.975. The first-order chi connectivity index (χ1) is 12.6. The molecule has 0 saturated heterocycles. The summed E-state index contributed by atoms with van der Waals surface area (Å²) >= 11 is 0. The summed E-state index contributed by atoms with van der Waals surface area (Å²) in [6, 6.07) is 11.0. The molecule has 0 bridgehead atoms. The normalized spacial score (nSPS) is 10.8. The van der Waals surface area contributed by atoms with E-state index < -0.39 is 5.97 Å². The van der Waals surface area contributed by atoms with Crippen LogP contribution in [0.3, 0.4) is 0 Å². The van der Waals surface area contributed by atoms with E-state index in [9.17, 15) is 9.90 Å². The molecule has 2 heterocycles. The Morgan fingerprint density at radius 1 is 1.19 bits per heavy atom. The molecule has 3 rings (SSSR count). The second-order valence-electron chi connectivity index (χ2n) is 6.23. The van der Waals surface area contributed by atoms with Gasteiger partial charge in [0.2, 0.25) is 0 Å². The van der Waals surface area contributed by atoms with Gasteiger partial charge in [-0.1, -0.05) is 37.6 Å². The predicted octanol–water partition coefficient (Wildman–Crippen LogP) is 3.74. The Kier molecular flexibility index (Phi) is 5.41. The first-order valence-electron chi connectivity index (χ1n) is 8.76. The minimum Gasteiger partial charge on any atom is -0.478 e. The van der Waals surface area contributed by atoms with Gasteiger partial charge >= 0.3 is 5.97 Å². The van der Waals surface area contributed by atoms with E-state index in [0.29, 0.717) is 12.1 Å². The van der Waals surface area contributed by atoms with Crippen LogP contribution in [-0.2, 0) is 13.0 Å². The quantitative estimate of drug-likeness (QED) is 0.702. The summed E-state index contributed by atoms with van der Waals surface area (Å²) < 4.78 is 1.98. The molecule has 0 aliphatic rings. The van der Waals surface area contributed by atoms with Crippen molar-refractivity contribution in [3.05, 3.63) is 65.4 Å². The van der Waals surface area contributed by atoms with Gasteiger partial charge in [0.15, 0.2) is 0 Å². The van der Waals surface area contributed by atoms with Crippen molar-refractivity contribution >= 4 is 5.97 Å². The van der Waals surface area contributed by atoms with E-state index in [2.05, 4.69) is 22.0 Å². The highest BCUT2D eigenvalue weighted by atomic mass is 16.4. The number of benzene rings is 1. The highest BCUT2D eigenvalue weighted by molar-refractivity contribution is 5.94. The highest BCUT2D eigenvalue weighted by Gasteiger charge is 2.13. The number of carbonyl (C=O) groups is 1. The van der Waals surface area contributed by atoms with Crippen LogP contribution in [0.5, 0.6) is 0 Å². The molecule has 0 unspecified atom stereocenters. The largest absolute Gasteiger partial charge is 0.478 e. The van der Waals surface area contributed by atoms with Gasteiger partial charge in [0.25, 0.3) is 0 Å². The first kappa shape index (κ1) is 17.8. The third-order valence-electron chi connectivity index (χ3n) is 4.21. The van der Waals surface area contributed by atoms with Crippen LogP contribution in [0.15, 0.2) is 42.6 Å². The summed E-state index contributed by atoms with van der Waals surface area (Å²) in [5, 5.41) is 13.8. The number of carboxylic acids is 1. The predicted molar refractivity (Wildman–Crippen MR) is 99.1 cm³/mol. The molecule has 6 nitrogen and oxygen atoms in total. The van der Waals surface area contributed by atoms with Gasteiger partial charge in [-0.25, -0.2) is 14.5 Å². The second-order valence-corrected chi connectivity index (χ2v) is 6.23. The lowest BCUT2D eigenvalue weighted by atomic mass is 10.0. The maximum atomic E-state index is 11.4. The first-order valence-corrected chi connectivity index (χ1v) is 8.76. The van der Waals surface area contributed by atoms with Crippen LogP contribution in [0.1, 0.15) is 47.3 Å². The van der Waals surface area contributed by atoms with E-state index in [1.54, 1.807) is 18.3 Å². The van der Waals surface area contributed by atoms with Crippen LogP contribution in [0.4, 0.5) is 0 Å². The number of pyridine rings is 1. The van der Waals surface area contributed by atoms with Gasteiger partial charge in [-0.3, -0.25) is 4.98 Å². The van der Waals surface area contributed by atoms with E-state index in [0.717, 1.165) is 42.2 Å². The molecule has 0 saturated carbocycles. The van der Waals surface area contributed by atoms with Crippen LogP contribution < -0.4 is 0 Å². The third kappa shape index (κ3) is 3.96. The Morgan fingerprint density at radius 3 is 2.65 bits per heavy atom. The topological polar surface area (TPSA) is 80.9 Å². The standard InChI is InChI=1S/C20H22N4O2/c1-3-4-12-24-18(22-14(2)23-24)13-15-7-9-16(10-8-15)19-17(20(25)26)6-5-11-21-19/h5-11H,3-4,12-13H2,1-2H3,(H,25,26). The van der Waals surface area contributed by atoms with Crippen molar-refractivity contribution in [1.82, 2.24) is 19.7 Å². The van der Waals surface area contributed by atoms with E-state index in [1.807, 2.05) is 35.9 Å². The molecule has 0 fully saturated rings. The van der Waals surface area contributed by atoms with Crippen molar-refractivity contribution in [3.8, 4) is 11.3 Å². The monoisotopic (exact) mass is 350 g/mol. The molecule has 26 heavy (non-hydrogen) atoms. The maximum absolute atomic E-state index is 11.4. The van der Waals surface area contributed by atoms with Crippen LogP contribution in [-0.4, -0.2) is 30.8 Å². The molecule has 0 spiro atoms. The highest BCUT2D eigenvalue weighted by Crippen LogP contribution is 2.22. The van der Waals surface area contributed by atoms with Gasteiger partial charge in [-0.2, -0.15) is 5.10 Å². The Labute approximate surface area is 152 Å². The van der Waals surface area contributed by atoms with E-state index >= 15 is 0 Å². The Morgan fingerprint density at radius 2 is 1.96 bits per heavy atom. The van der Waals surface area contributed by atoms with Gasteiger partial charge in [-0.15, -0.1) is 0 Å². The summed E-state index contributed by atoms with van der Waals surface area (Å²) in [5.74, 6) is 0.761. The Hall–Kier alpha value is -3.02. The molecule has 0 radical (unpaired) electrons. The number of unbranched alkanes of at least 4 members (excludes halogenated alkanes) is 1. The maximum Gasteiger partial charge on any atom is 0.337 e. The van der Waals surface area contributed by atoms with Crippen molar-refractivity contribution in [1.29, 1.82) is 0 Å². The number of aromatic carboxylic acids is 1. The van der Waals surface area contributed by atoms with E-state index in [-0.39, 0.29) is 5.56 Å². The van der Waals surface area contributed by atoms with Gasteiger partial charge in [0.05, 0.1) is 11.3 Å². The molecule has 6 heteroatoms. The Bertz CT molecular complexity index is 900. The molecule has 0 amide bonds. The molecule has 1 aromatic carbocycles. The molecule has 0 atom stereocenters. The fourth-order valence-electron chi connectivity index (χ4n) is 2.89. The Balaban J connectivity index is 1.82. The summed E-state index contributed by atoms with van der Waals surface area (Å²) in [6.07, 6.45) is 4.49. The molecule has 0 aliphatic heterocycles. The number of carboxylic acid groups (broad SMARTS) is 1. The lowest BCUT2D eigenvalue weighted by Gasteiger charge is -2.08. The summed E-state index contributed by atoms with van der Waals surface area (Å²) in [7, 11) is 0. The van der Waals surface area contributed by atoms with Crippen LogP contribution >= 0.6 is 0 Å². The fourth-order valence-corrected chi connectivity index (χ4v) is 2.89. The average Bonchev–Trinajstić information content (AvgIpc) is 2.99. The number of aromatic nitrogens is 4. The van der Waals surface area contributed by atoms with Crippen LogP contribution in [0.25, 0.3) is 11.3 Å². The summed E-state index contributed by atoms with van der Waals surface area (Å²) in [6.45, 7) is 4.94. The van der Waals surface area contributed by atoms with Gasteiger partial charge in [0.1, 0.15) is 11.6 Å².